The van der Waals surface area contributed by atoms with Crippen LogP contribution in [0.3, 0.4) is 0 Å². The molecular formula is C16H15ClF4N2O. The zero-order chi connectivity index (χ0) is 17.1. The Morgan fingerprint density at radius 3 is 2.62 bits per heavy atom. The molecule has 3 nitrogen and oxygen atoms in total. The molecule has 130 valence electrons. The fourth-order valence-corrected chi connectivity index (χ4v) is 3.73. The molecule has 0 bridgehead atoms. The molecule has 2 aliphatic rings. The molecule has 0 amide bonds. The summed E-state index contributed by atoms with van der Waals surface area (Å²) in [4.78, 5) is 0. The van der Waals surface area contributed by atoms with Crippen molar-refractivity contribution in [2.45, 2.75) is 50.2 Å². The molecule has 1 aliphatic carbocycles. The molecule has 2 fully saturated rings. The Balaban J connectivity index is 1.93. The van der Waals surface area contributed by atoms with Crippen molar-refractivity contribution in [2.75, 3.05) is 6.61 Å². The van der Waals surface area contributed by atoms with Gasteiger partial charge in [-0.3, -0.25) is 0 Å². The third-order valence-electron chi connectivity index (χ3n) is 4.71. The zero-order valence-corrected chi connectivity index (χ0v) is 13.4. The lowest BCUT2D eigenvalue weighted by atomic mass is 9.98. The number of hydrogen-bond donors (Lipinski definition) is 0. The summed E-state index contributed by atoms with van der Waals surface area (Å²) in [7, 11) is 0. The molecule has 1 aliphatic heterocycles. The number of fused-ring (bicyclic) bond motifs is 1. The van der Waals surface area contributed by atoms with Crippen molar-refractivity contribution in [3.63, 3.8) is 0 Å². The molecule has 1 unspecified atom stereocenters. The highest BCUT2D eigenvalue weighted by atomic mass is 35.5. The van der Waals surface area contributed by atoms with E-state index in [2.05, 4.69) is 5.10 Å². The van der Waals surface area contributed by atoms with Crippen molar-refractivity contribution in [3.05, 3.63) is 28.4 Å². The highest BCUT2D eigenvalue weighted by Crippen LogP contribution is 2.56. The summed E-state index contributed by atoms with van der Waals surface area (Å²) in [6.45, 7) is 0.539. The van der Waals surface area contributed by atoms with Crippen molar-refractivity contribution in [1.29, 1.82) is 0 Å². The molecule has 4 rings (SSSR count). The molecule has 1 aromatic carbocycles. The standard InChI is InChI=1S/C16H15ClF4N2O/c17-14-9-8-22-23(12-3-1-2-6-24-12)11(9)7-10(16(19,20)21)13(14)15(18)4-5-15/h7-8,12H,1-6H2. The summed E-state index contributed by atoms with van der Waals surface area (Å²) < 4.78 is 62.1. The van der Waals surface area contributed by atoms with E-state index in [9.17, 15) is 17.6 Å². The molecule has 8 heteroatoms. The van der Waals surface area contributed by atoms with Crippen LogP contribution in [-0.2, 0) is 16.6 Å². The van der Waals surface area contributed by atoms with Crippen LogP contribution in [0, 0.1) is 0 Å². The first-order chi connectivity index (χ1) is 11.3. The molecule has 2 heterocycles. The van der Waals surface area contributed by atoms with Crippen LogP contribution < -0.4 is 0 Å². The Hall–Kier alpha value is -1.34. The summed E-state index contributed by atoms with van der Waals surface area (Å²) in [5.74, 6) is 0. The van der Waals surface area contributed by atoms with Crippen LogP contribution in [0.1, 0.15) is 49.5 Å². The molecular weight excluding hydrogens is 348 g/mol. The lowest BCUT2D eigenvalue weighted by Crippen LogP contribution is -2.20. The van der Waals surface area contributed by atoms with Crippen molar-refractivity contribution < 1.29 is 22.3 Å². The van der Waals surface area contributed by atoms with E-state index in [4.69, 9.17) is 16.3 Å². The highest BCUT2D eigenvalue weighted by molar-refractivity contribution is 6.36. The van der Waals surface area contributed by atoms with E-state index in [1.807, 2.05) is 0 Å². The number of aromatic nitrogens is 2. The first-order valence-electron chi connectivity index (χ1n) is 7.89. The third-order valence-corrected chi connectivity index (χ3v) is 5.10. The summed E-state index contributed by atoms with van der Waals surface area (Å²) in [5.41, 5.74) is -3.22. The number of rotatable bonds is 2. The van der Waals surface area contributed by atoms with Crippen LogP contribution in [-0.4, -0.2) is 16.4 Å². The molecule has 1 saturated carbocycles. The second-order valence-electron chi connectivity index (χ2n) is 6.42. The molecule has 0 N–H and O–H groups in total. The second kappa shape index (κ2) is 5.33. The molecule has 2 aromatic rings. The number of halogens is 5. The van der Waals surface area contributed by atoms with E-state index in [-0.39, 0.29) is 23.4 Å². The molecule has 1 aromatic heterocycles. The van der Waals surface area contributed by atoms with Gasteiger partial charge in [0.05, 0.1) is 22.3 Å². The van der Waals surface area contributed by atoms with Gasteiger partial charge in [0.25, 0.3) is 0 Å². The number of benzene rings is 1. The van der Waals surface area contributed by atoms with Gasteiger partial charge in [-0.2, -0.15) is 18.3 Å². The fourth-order valence-electron chi connectivity index (χ4n) is 3.31. The second-order valence-corrected chi connectivity index (χ2v) is 6.80. The maximum Gasteiger partial charge on any atom is 0.416 e. The van der Waals surface area contributed by atoms with Gasteiger partial charge in [-0.25, -0.2) is 9.07 Å². The maximum absolute atomic E-state index is 14.5. The van der Waals surface area contributed by atoms with E-state index >= 15 is 0 Å². The molecule has 0 radical (unpaired) electrons. The first kappa shape index (κ1) is 16.1. The van der Waals surface area contributed by atoms with Crippen molar-refractivity contribution >= 4 is 22.5 Å². The van der Waals surface area contributed by atoms with Gasteiger partial charge in [0.15, 0.2) is 6.23 Å². The lowest BCUT2D eigenvalue weighted by molar-refractivity contribution is -0.138. The van der Waals surface area contributed by atoms with E-state index < -0.39 is 29.2 Å². The van der Waals surface area contributed by atoms with Gasteiger partial charge in [0.2, 0.25) is 0 Å². The molecule has 1 atom stereocenters. The first-order valence-corrected chi connectivity index (χ1v) is 8.27. The van der Waals surface area contributed by atoms with Crippen LogP contribution in [0.25, 0.3) is 10.9 Å². The lowest BCUT2D eigenvalue weighted by Gasteiger charge is -2.24. The van der Waals surface area contributed by atoms with E-state index in [1.165, 1.54) is 10.9 Å². The van der Waals surface area contributed by atoms with Gasteiger partial charge in [-0.15, -0.1) is 0 Å². The number of alkyl halides is 4. The smallest absolute Gasteiger partial charge is 0.356 e. The van der Waals surface area contributed by atoms with Gasteiger partial charge < -0.3 is 4.74 Å². The Labute approximate surface area is 140 Å². The SMILES string of the molecule is FC(F)(F)c1cc2c(cnn2C2CCCCO2)c(Cl)c1C1(F)CC1. The summed E-state index contributed by atoms with van der Waals surface area (Å²) in [6.07, 6.45) is -1.09. The third kappa shape index (κ3) is 2.49. The van der Waals surface area contributed by atoms with Gasteiger partial charge >= 0.3 is 6.18 Å². The van der Waals surface area contributed by atoms with Crippen LogP contribution in [0.2, 0.25) is 5.02 Å². The van der Waals surface area contributed by atoms with E-state index in [1.54, 1.807) is 0 Å². The Morgan fingerprint density at radius 1 is 1.29 bits per heavy atom. The van der Waals surface area contributed by atoms with Gasteiger partial charge in [0.1, 0.15) is 5.67 Å². The molecule has 0 spiro atoms. The Morgan fingerprint density at radius 2 is 2.04 bits per heavy atom. The molecule has 1 saturated heterocycles. The zero-order valence-electron chi connectivity index (χ0n) is 12.7. The maximum atomic E-state index is 14.5. The predicted molar refractivity (Wildman–Crippen MR) is 80.6 cm³/mol. The summed E-state index contributed by atoms with van der Waals surface area (Å²) in [6, 6.07) is 0.959. The van der Waals surface area contributed by atoms with Gasteiger partial charge in [0, 0.05) is 17.6 Å². The quantitative estimate of drug-likeness (QED) is 0.672. The van der Waals surface area contributed by atoms with Crippen LogP contribution in [0.4, 0.5) is 17.6 Å². The highest BCUT2D eigenvalue weighted by Gasteiger charge is 2.52. The van der Waals surface area contributed by atoms with Crippen LogP contribution in [0.5, 0.6) is 0 Å². The number of ether oxygens (including phenoxy) is 1. The Kier molecular flexibility index (Phi) is 3.58. The van der Waals surface area contributed by atoms with E-state index in [0.717, 1.165) is 18.9 Å². The average Bonchev–Trinajstić information content (AvgIpc) is 3.12. The van der Waals surface area contributed by atoms with Crippen LogP contribution in [0.15, 0.2) is 12.3 Å². The van der Waals surface area contributed by atoms with E-state index in [0.29, 0.717) is 18.4 Å². The van der Waals surface area contributed by atoms with Crippen LogP contribution >= 0.6 is 11.6 Å². The van der Waals surface area contributed by atoms with Crippen molar-refractivity contribution in [2.24, 2.45) is 0 Å². The summed E-state index contributed by atoms with van der Waals surface area (Å²) in [5, 5.41) is 4.30. The number of hydrogen-bond acceptors (Lipinski definition) is 2. The molecule has 24 heavy (non-hydrogen) atoms. The van der Waals surface area contributed by atoms with Gasteiger partial charge in [-0.05, 0) is 38.2 Å². The average molecular weight is 363 g/mol. The monoisotopic (exact) mass is 362 g/mol. The largest absolute Gasteiger partial charge is 0.416 e. The minimum atomic E-state index is -4.68. The predicted octanol–water partition coefficient (Wildman–Crippen LogP) is 5.37. The summed E-state index contributed by atoms with van der Waals surface area (Å²) >= 11 is 6.20. The van der Waals surface area contributed by atoms with Crippen molar-refractivity contribution in [3.8, 4) is 0 Å². The van der Waals surface area contributed by atoms with Gasteiger partial charge in [-0.1, -0.05) is 11.6 Å². The number of nitrogens with zero attached hydrogens (tertiary/aromatic N) is 2. The Bertz CT molecular complexity index is 791. The minimum Gasteiger partial charge on any atom is -0.356 e. The fraction of sp³-hybridized carbons (Fsp3) is 0.562. The normalized spacial score (nSPS) is 23.6. The minimum absolute atomic E-state index is 0.0567. The van der Waals surface area contributed by atoms with Crippen molar-refractivity contribution in [1.82, 2.24) is 9.78 Å². The topological polar surface area (TPSA) is 27.1 Å².